The largest absolute Gasteiger partial charge is 0.375 e. The maximum absolute atomic E-state index is 6.01. The summed E-state index contributed by atoms with van der Waals surface area (Å²) in [6, 6.07) is 11.2. The molecule has 154 valence electrons. The molecule has 4 rings (SSSR count). The highest BCUT2D eigenvalue weighted by atomic mass is 16.5. The molecule has 3 heterocycles. The smallest absolute Gasteiger partial charge is 0.193 e. The fourth-order valence-electron chi connectivity index (χ4n) is 4.69. The molecule has 1 N–H and O–H groups in total. The number of guanidine groups is 1. The van der Waals surface area contributed by atoms with Gasteiger partial charge in [0.25, 0.3) is 0 Å². The fourth-order valence-corrected chi connectivity index (χ4v) is 4.69. The van der Waals surface area contributed by atoms with E-state index < -0.39 is 0 Å². The van der Waals surface area contributed by atoms with Gasteiger partial charge in [0.15, 0.2) is 5.96 Å². The van der Waals surface area contributed by atoms with E-state index in [0.29, 0.717) is 6.04 Å². The van der Waals surface area contributed by atoms with Crippen LogP contribution in [0.5, 0.6) is 0 Å². The zero-order valence-electron chi connectivity index (χ0n) is 17.1. The molecular weight excluding hydrogens is 352 g/mol. The first-order valence-corrected chi connectivity index (χ1v) is 10.8. The third-order valence-electron chi connectivity index (χ3n) is 6.20. The van der Waals surface area contributed by atoms with E-state index in [-0.39, 0.29) is 12.2 Å². The number of hydrogen-bond acceptors (Lipinski definition) is 4. The third kappa shape index (κ3) is 4.67. The van der Waals surface area contributed by atoms with Gasteiger partial charge < -0.3 is 19.7 Å². The highest BCUT2D eigenvalue weighted by Gasteiger charge is 2.32. The molecule has 0 bridgehead atoms. The standard InChI is InChI=1S/C22H34N4O2/c1-23-22(26-13-15-28-21(17-26)20-10-7-14-27-20)24-16-19(25-11-5-6-12-25)18-8-3-2-4-9-18/h2-4,8-9,19-21H,5-7,10-17H2,1H3,(H,23,24). The zero-order valence-corrected chi connectivity index (χ0v) is 17.1. The van der Waals surface area contributed by atoms with Gasteiger partial charge in [-0.3, -0.25) is 9.89 Å². The number of nitrogens with zero attached hydrogens (tertiary/aromatic N) is 3. The minimum absolute atomic E-state index is 0.151. The number of likely N-dealkylation sites (tertiary alicyclic amines) is 1. The van der Waals surface area contributed by atoms with Gasteiger partial charge in [0, 0.05) is 33.3 Å². The first kappa shape index (κ1) is 19.7. The molecule has 0 amide bonds. The number of rotatable bonds is 5. The van der Waals surface area contributed by atoms with E-state index >= 15 is 0 Å². The van der Waals surface area contributed by atoms with Gasteiger partial charge in [-0.2, -0.15) is 0 Å². The fraction of sp³-hybridized carbons (Fsp3) is 0.682. The van der Waals surface area contributed by atoms with Crippen LogP contribution in [0.1, 0.15) is 37.3 Å². The second kappa shape index (κ2) is 9.72. The Bertz CT molecular complexity index is 627. The van der Waals surface area contributed by atoms with Crippen molar-refractivity contribution in [3.63, 3.8) is 0 Å². The van der Waals surface area contributed by atoms with Crippen LogP contribution in [0.3, 0.4) is 0 Å². The van der Waals surface area contributed by atoms with Crippen molar-refractivity contribution >= 4 is 5.96 Å². The molecule has 3 aliphatic heterocycles. The highest BCUT2D eigenvalue weighted by Crippen LogP contribution is 2.25. The lowest BCUT2D eigenvalue weighted by atomic mass is 10.1. The van der Waals surface area contributed by atoms with Gasteiger partial charge in [0.05, 0.1) is 18.8 Å². The normalized spacial score (nSPS) is 27.9. The number of benzene rings is 1. The Hall–Kier alpha value is -1.63. The summed E-state index contributed by atoms with van der Waals surface area (Å²) in [7, 11) is 1.88. The SMILES string of the molecule is CN=C(NCC(c1ccccc1)N1CCCC1)N1CCOC(C2CCCO2)C1. The number of hydrogen-bond donors (Lipinski definition) is 1. The van der Waals surface area contributed by atoms with Gasteiger partial charge in [0.2, 0.25) is 0 Å². The summed E-state index contributed by atoms with van der Waals surface area (Å²) in [5, 5.41) is 3.66. The summed E-state index contributed by atoms with van der Waals surface area (Å²) in [4.78, 5) is 9.52. The molecule has 0 saturated carbocycles. The lowest BCUT2D eigenvalue weighted by Gasteiger charge is -2.38. The van der Waals surface area contributed by atoms with Crippen molar-refractivity contribution < 1.29 is 9.47 Å². The molecule has 0 radical (unpaired) electrons. The number of aliphatic imine (C=N–C) groups is 1. The molecule has 0 aromatic heterocycles. The second-order valence-electron chi connectivity index (χ2n) is 8.00. The van der Waals surface area contributed by atoms with Gasteiger partial charge in [-0.25, -0.2) is 0 Å². The summed E-state index contributed by atoms with van der Waals surface area (Å²) >= 11 is 0. The van der Waals surface area contributed by atoms with E-state index in [1.54, 1.807) is 0 Å². The molecule has 6 heteroatoms. The molecule has 6 nitrogen and oxygen atoms in total. The Morgan fingerprint density at radius 2 is 1.86 bits per heavy atom. The topological polar surface area (TPSA) is 49.3 Å². The van der Waals surface area contributed by atoms with Crippen molar-refractivity contribution in [2.45, 2.75) is 43.9 Å². The van der Waals surface area contributed by atoms with Gasteiger partial charge in [-0.15, -0.1) is 0 Å². The lowest BCUT2D eigenvalue weighted by molar-refractivity contribution is -0.0817. The summed E-state index contributed by atoms with van der Waals surface area (Å²) in [5.41, 5.74) is 1.38. The van der Waals surface area contributed by atoms with Crippen LogP contribution in [0.15, 0.2) is 35.3 Å². The molecule has 3 saturated heterocycles. The maximum atomic E-state index is 6.01. The molecule has 1 aromatic rings. The van der Waals surface area contributed by atoms with Crippen LogP contribution >= 0.6 is 0 Å². The quantitative estimate of drug-likeness (QED) is 0.622. The van der Waals surface area contributed by atoms with Gasteiger partial charge in [-0.1, -0.05) is 30.3 Å². The number of ether oxygens (including phenoxy) is 2. The van der Waals surface area contributed by atoms with Crippen LogP contribution < -0.4 is 5.32 Å². The average Bonchev–Trinajstić information content (AvgIpc) is 3.46. The molecule has 3 aliphatic rings. The predicted octanol–water partition coefficient (Wildman–Crippen LogP) is 2.28. The van der Waals surface area contributed by atoms with Crippen molar-refractivity contribution in [1.82, 2.24) is 15.1 Å². The lowest BCUT2D eigenvalue weighted by Crippen LogP contribution is -2.54. The van der Waals surface area contributed by atoms with E-state index in [9.17, 15) is 0 Å². The van der Waals surface area contributed by atoms with Gasteiger partial charge in [0.1, 0.15) is 6.10 Å². The van der Waals surface area contributed by atoms with Crippen molar-refractivity contribution in [3.05, 3.63) is 35.9 Å². The van der Waals surface area contributed by atoms with Crippen LogP contribution in [-0.4, -0.2) is 81.0 Å². The van der Waals surface area contributed by atoms with Crippen molar-refractivity contribution in [2.75, 3.05) is 53.0 Å². The van der Waals surface area contributed by atoms with E-state index in [0.717, 1.165) is 51.6 Å². The van der Waals surface area contributed by atoms with Crippen LogP contribution in [0.4, 0.5) is 0 Å². The summed E-state index contributed by atoms with van der Waals surface area (Å²) in [5.74, 6) is 0.978. The van der Waals surface area contributed by atoms with Gasteiger partial charge in [-0.05, 0) is 44.3 Å². The third-order valence-corrected chi connectivity index (χ3v) is 6.20. The monoisotopic (exact) mass is 386 g/mol. The Balaban J connectivity index is 1.39. The van der Waals surface area contributed by atoms with E-state index in [1.165, 1.54) is 31.5 Å². The van der Waals surface area contributed by atoms with E-state index in [4.69, 9.17) is 9.47 Å². The minimum atomic E-state index is 0.151. The van der Waals surface area contributed by atoms with E-state index in [1.807, 2.05) is 7.05 Å². The molecule has 0 spiro atoms. The Morgan fingerprint density at radius 3 is 2.57 bits per heavy atom. The van der Waals surface area contributed by atoms with Crippen molar-refractivity contribution in [3.8, 4) is 0 Å². The van der Waals surface area contributed by atoms with Crippen LogP contribution in [-0.2, 0) is 9.47 Å². The average molecular weight is 387 g/mol. The highest BCUT2D eigenvalue weighted by molar-refractivity contribution is 5.80. The molecule has 28 heavy (non-hydrogen) atoms. The van der Waals surface area contributed by atoms with Crippen molar-refractivity contribution in [1.29, 1.82) is 0 Å². The number of nitrogens with one attached hydrogen (secondary N) is 1. The zero-order chi connectivity index (χ0) is 19.2. The van der Waals surface area contributed by atoms with Crippen LogP contribution in [0.25, 0.3) is 0 Å². The van der Waals surface area contributed by atoms with Crippen molar-refractivity contribution in [2.24, 2.45) is 4.99 Å². The first-order chi connectivity index (χ1) is 13.8. The Kier molecular flexibility index (Phi) is 6.83. The molecular formula is C22H34N4O2. The summed E-state index contributed by atoms with van der Waals surface area (Å²) in [6.45, 7) is 6.56. The Morgan fingerprint density at radius 1 is 1.07 bits per heavy atom. The second-order valence-corrected chi connectivity index (χ2v) is 8.00. The Labute approximate surface area is 168 Å². The summed E-state index contributed by atoms with van der Waals surface area (Å²) < 4.78 is 11.9. The van der Waals surface area contributed by atoms with Gasteiger partial charge >= 0.3 is 0 Å². The predicted molar refractivity (Wildman–Crippen MR) is 112 cm³/mol. The molecule has 1 aromatic carbocycles. The minimum Gasteiger partial charge on any atom is -0.375 e. The maximum Gasteiger partial charge on any atom is 0.193 e. The van der Waals surface area contributed by atoms with Crippen LogP contribution in [0.2, 0.25) is 0 Å². The molecule has 3 atom stereocenters. The number of morpholine rings is 1. The molecule has 3 unspecified atom stereocenters. The first-order valence-electron chi connectivity index (χ1n) is 10.8. The van der Waals surface area contributed by atoms with Crippen LogP contribution in [0, 0.1) is 0 Å². The summed E-state index contributed by atoms with van der Waals surface area (Å²) in [6.07, 6.45) is 5.23. The molecule has 0 aliphatic carbocycles. The van der Waals surface area contributed by atoms with E-state index in [2.05, 4.69) is 50.4 Å². The molecule has 3 fully saturated rings.